The van der Waals surface area contributed by atoms with Gasteiger partial charge >= 0.3 is 0 Å². The summed E-state index contributed by atoms with van der Waals surface area (Å²) >= 11 is 1.23. The summed E-state index contributed by atoms with van der Waals surface area (Å²) < 4.78 is 0. The van der Waals surface area contributed by atoms with Crippen molar-refractivity contribution >= 4 is 29.5 Å². The summed E-state index contributed by atoms with van der Waals surface area (Å²) in [5, 5.41) is 5.05. The largest absolute Gasteiger partial charge is 0.369 e. The minimum atomic E-state index is -0.554. The fraction of sp³-hybridized carbons (Fsp3) is 0.733. The van der Waals surface area contributed by atoms with Crippen molar-refractivity contribution in [3.8, 4) is 0 Å². The summed E-state index contributed by atoms with van der Waals surface area (Å²) in [4.78, 5) is 38.9. The van der Waals surface area contributed by atoms with Gasteiger partial charge in [0.1, 0.15) is 0 Å². The molecule has 0 aliphatic heterocycles. The van der Waals surface area contributed by atoms with Crippen molar-refractivity contribution < 1.29 is 14.4 Å². The summed E-state index contributed by atoms with van der Waals surface area (Å²) in [5.74, 6) is -0.630. The predicted octanol–water partition coefficient (Wildman–Crippen LogP) is -1.48. The summed E-state index contributed by atoms with van der Waals surface area (Å²) in [6.07, 6.45) is 1.37. The Hall–Kier alpha value is -1.32. The number of nitrogens with one attached hydrogen (secondary N) is 2. The molecule has 0 spiro atoms. The SMILES string of the molecule is CN(C)CCNC(=O)CC(SC[CH]C(N)=O)C(=O)NCCN(C)C. The molecule has 0 aromatic rings. The third kappa shape index (κ3) is 13.1. The van der Waals surface area contributed by atoms with Crippen molar-refractivity contribution in [2.24, 2.45) is 5.73 Å². The molecule has 8 nitrogen and oxygen atoms in total. The highest BCUT2D eigenvalue weighted by atomic mass is 32.2. The van der Waals surface area contributed by atoms with Gasteiger partial charge in [0.15, 0.2) is 0 Å². The number of carbonyl (C=O) groups is 3. The van der Waals surface area contributed by atoms with E-state index in [0.29, 0.717) is 25.4 Å². The first kappa shape index (κ1) is 22.7. The van der Waals surface area contributed by atoms with Gasteiger partial charge in [-0.2, -0.15) is 0 Å². The summed E-state index contributed by atoms with van der Waals surface area (Å²) in [7, 11) is 7.67. The highest BCUT2D eigenvalue weighted by Crippen LogP contribution is 2.16. The van der Waals surface area contributed by atoms with E-state index in [2.05, 4.69) is 10.6 Å². The first-order chi connectivity index (χ1) is 11.2. The maximum absolute atomic E-state index is 12.2. The Kier molecular flexibility index (Phi) is 12.3. The first-order valence-electron chi connectivity index (χ1n) is 7.80. The number of amides is 3. The predicted molar refractivity (Wildman–Crippen MR) is 97.5 cm³/mol. The number of primary amides is 1. The van der Waals surface area contributed by atoms with E-state index < -0.39 is 11.2 Å². The average molecular weight is 361 g/mol. The molecular formula is C15H30N5O3S. The molecule has 0 aliphatic carbocycles. The molecule has 0 aromatic heterocycles. The fourth-order valence-corrected chi connectivity index (χ4v) is 2.65. The normalized spacial score (nSPS) is 12.2. The van der Waals surface area contributed by atoms with Crippen molar-refractivity contribution in [1.29, 1.82) is 0 Å². The van der Waals surface area contributed by atoms with Gasteiger partial charge in [-0.3, -0.25) is 14.4 Å². The van der Waals surface area contributed by atoms with E-state index >= 15 is 0 Å². The zero-order valence-electron chi connectivity index (χ0n) is 15.0. The Bertz CT molecular complexity index is 405. The quantitative estimate of drug-likeness (QED) is 0.370. The molecule has 0 saturated carbocycles. The van der Waals surface area contributed by atoms with Gasteiger partial charge in [-0.25, -0.2) is 0 Å². The minimum absolute atomic E-state index is 0.0680. The lowest BCUT2D eigenvalue weighted by Gasteiger charge is -2.18. The van der Waals surface area contributed by atoms with Gasteiger partial charge in [-0.1, -0.05) is 0 Å². The number of rotatable bonds is 13. The second-order valence-electron chi connectivity index (χ2n) is 5.88. The molecule has 9 heteroatoms. The lowest BCUT2D eigenvalue weighted by Crippen LogP contribution is -2.40. The molecule has 4 N–H and O–H groups in total. The molecular weight excluding hydrogens is 330 g/mol. The van der Waals surface area contributed by atoms with Crippen LogP contribution in [0.25, 0.3) is 0 Å². The van der Waals surface area contributed by atoms with E-state index in [9.17, 15) is 14.4 Å². The molecule has 24 heavy (non-hydrogen) atoms. The molecule has 139 valence electrons. The van der Waals surface area contributed by atoms with Crippen molar-refractivity contribution in [2.45, 2.75) is 11.7 Å². The number of nitrogens with zero attached hydrogens (tertiary/aromatic N) is 2. The van der Waals surface area contributed by atoms with Gasteiger partial charge < -0.3 is 26.2 Å². The van der Waals surface area contributed by atoms with Crippen LogP contribution >= 0.6 is 11.8 Å². The Morgan fingerprint density at radius 1 is 1.04 bits per heavy atom. The zero-order valence-corrected chi connectivity index (χ0v) is 15.8. The fourth-order valence-electron chi connectivity index (χ4n) is 1.65. The first-order valence-corrected chi connectivity index (χ1v) is 8.85. The van der Waals surface area contributed by atoms with E-state index in [1.54, 1.807) is 0 Å². The molecule has 1 atom stereocenters. The minimum Gasteiger partial charge on any atom is -0.369 e. The summed E-state index contributed by atoms with van der Waals surface area (Å²) in [6, 6.07) is 0. The molecule has 0 heterocycles. The van der Waals surface area contributed by atoms with Gasteiger partial charge in [0.2, 0.25) is 17.7 Å². The molecule has 1 radical (unpaired) electrons. The van der Waals surface area contributed by atoms with Crippen LogP contribution in [0.1, 0.15) is 6.42 Å². The lowest BCUT2D eigenvalue weighted by molar-refractivity contribution is -0.126. The smallest absolute Gasteiger partial charge is 0.233 e. The topological polar surface area (TPSA) is 108 Å². The monoisotopic (exact) mass is 360 g/mol. The van der Waals surface area contributed by atoms with E-state index in [0.717, 1.165) is 6.54 Å². The summed E-state index contributed by atoms with van der Waals surface area (Å²) in [5.41, 5.74) is 5.07. The standard InChI is InChI=1S/C15H30N5O3S/c1-19(2)8-6-17-14(22)11-12(24-10-5-13(16)21)15(23)18-7-9-20(3)4/h5,12H,6-11H2,1-4H3,(H2,16,21)(H,17,22)(H,18,23). The van der Waals surface area contributed by atoms with Crippen molar-refractivity contribution in [2.75, 3.05) is 60.1 Å². The van der Waals surface area contributed by atoms with Crippen LogP contribution in [-0.2, 0) is 14.4 Å². The third-order valence-electron chi connectivity index (χ3n) is 2.98. The second-order valence-corrected chi connectivity index (χ2v) is 7.12. The maximum Gasteiger partial charge on any atom is 0.233 e. The van der Waals surface area contributed by atoms with Crippen LogP contribution < -0.4 is 16.4 Å². The number of hydrogen-bond donors (Lipinski definition) is 3. The van der Waals surface area contributed by atoms with E-state index in [1.165, 1.54) is 18.2 Å². The molecule has 0 bridgehead atoms. The molecule has 3 amide bonds. The Morgan fingerprint density at radius 2 is 1.58 bits per heavy atom. The maximum atomic E-state index is 12.2. The van der Waals surface area contributed by atoms with Crippen LogP contribution in [0.2, 0.25) is 0 Å². The van der Waals surface area contributed by atoms with Gasteiger partial charge in [0.25, 0.3) is 0 Å². The van der Waals surface area contributed by atoms with Crippen LogP contribution in [0, 0.1) is 6.42 Å². The number of carbonyl (C=O) groups excluding carboxylic acids is 3. The molecule has 0 aromatic carbocycles. The van der Waals surface area contributed by atoms with Crippen molar-refractivity contribution in [3.05, 3.63) is 6.42 Å². The number of nitrogens with two attached hydrogens (primary N) is 1. The Morgan fingerprint density at radius 3 is 2.08 bits per heavy atom. The average Bonchev–Trinajstić information content (AvgIpc) is 2.44. The van der Waals surface area contributed by atoms with Crippen molar-refractivity contribution in [3.63, 3.8) is 0 Å². The van der Waals surface area contributed by atoms with Gasteiger partial charge in [-0.15, -0.1) is 11.8 Å². The Balaban J connectivity index is 4.41. The third-order valence-corrected chi connectivity index (χ3v) is 4.13. The molecule has 1 unspecified atom stereocenters. The molecule has 0 saturated heterocycles. The zero-order chi connectivity index (χ0) is 18.5. The van der Waals surface area contributed by atoms with Crippen molar-refractivity contribution in [1.82, 2.24) is 20.4 Å². The highest BCUT2D eigenvalue weighted by molar-refractivity contribution is 8.00. The van der Waals surface area contributed by atoms with Gasteiger partial charge in [0, 0.05) is 38.4 Å². The number of hydrogen-bond acceptors (Lipinski definition) is 6. The number of likely N-dealkylation sites (N-methyl/N-ethyl adjacent to an activating group) is 2. The number of thioether (sulfide) groups is 1. The van der Waals surface area contributed by atoms with Crippen LogP contribution in [0.5, 0.6) is 0 Å². The van der Waals surface area contributed by atoms with E-state index in [4.69, 9.17) is 5.73 Å². The van der Waals surface area contributed by atoms with Crippen LogP contribution in [0.4, 0.5) is 0 Å². The lowest BCUT2D eigenvalue weighted by atomic mass is 10.2. The van der Waals surface area contributed by atoms with Gasteiger partial charge in [-0.05, 0) is 28.2 Å². The molecule has 0 fully saturated rings. The van der Waals surface area contributed by atoms with Crippen LogP contribution in [0.3, 0.4) is 0 Å². The Labute approximate surface area is 148 Å². The summed E-state index contributed by atoms with van der Waals surface area (Å²) in [6.45, 7) is 2.48. The molecule has 0 aliphatic rings. The van der Waals surface area contributed by atoms with Crippen LogP contribution in [0.15, 0.2) is 0 Å². The molecule has 0 rings (SSSR count). The van der Waals surface area contributed by atoms with Crippen LogP contribution in [-0.4, -0.2) is 92.9 Å². The van der Waals surface area contributed by atoms with E-state index in [1.807, 2.05) is 38.0 Å². The highest BCUT2D eigenvalue weighted by Gasteiger charge is 2.22. The second kappa shape index (κ2) is 13.0. The van der Waals surface area contributed by atoms with Gasteiger partial charge in [0.05, 0.1) is 11.7 Å². The van der Waals surface area contributed by atoms with E-state index in [-0.39, 0.29) is 18.2 Å².